The van der Waals surface area contributed by atoms with Gasteiger partial charge in [0.1, 0.15) is 11.8 Å². The zero-order chi connectivity index (χ0) is 21.5. The van der Waals surface area contributed by atoms with Crippen LogP contribution in [0.5, 0.6) is 5.75 Å². The Bertz CT molecular complexity index is 952. The highest BCUT2D eigenvalue weighted by Gasteiger charge is 2.25. The number of amides is 2. The normalized spacial score (nSPS) is 13.6. The standard InChI is InChI=1S/C23H24N2O5/c1-16(24-21(26)12-9-17-7-10-19(29-2)11-8-17)23(28)30-15-22(27)25-14-13-18-5-3-4-6-20(18)25/h3-12,16H,13-15H2,1-2H3,(H,24,26)/b12-9+/t16-/m0/s1. The van der Waals surface area contributed by atoms with Crippen LogP contribution in [0, 0.1) is 0 Å². The first-order valence-corrected chi connectivity index (χ1v) is 9.65. The van der Waals surface area contributed by atoms with Crippen molar-refractivity contribution in [2.75, 3.05) is 25.2 Å². The number of rotatable bonds is 7. The summed E-state index contributed by atoms with van der Waals surface area (Å²) >= 11 is 0. The maximum absolute atomic E-state index is 12.4. The number of nitrogens with one attached hydrogen (secondary N) is 1. The SMILES string of the molecule is COc1ccc(/C=C/C(=O)N[C@@H](C)C(=O)OCC(=O)N2CCc3ccccc32)cc1. The van der Waals surface area contributed by atoms with Gasteiger partial charge in [0.15, 0.2) is 6.61 Å². The molecule has 7 nitrogen and oxygen atoms in total. The van der Waals surface area contributed by atoms with E-state index in [0.29, 0.717) is 6.54 Å². The minimum atomic E-state index is -0.878. The summed E-state index contributed by atoms with van der Waals surface area (Å²) in [5.41, 5.74) is 2.77. The molecule has 3 rings (SSSR count). The van der Waals surface area contributed by atoms with Gasteiger partial charge in [-0.05, 0) is 48.7 Å². The third-order valence-electron chi connectivity index (χ3n) is 4.78. The van der Waals surface area contributed by atoms with E-state index >= 15 is 0 Å². The van der Waals surface area contributed by atoms with Crippen LogP contribution in [-0.2, 0) is 25.5 Å². The minimum Gasteiger partial charge on any atom is -0.497 e. The lowest BCUT2D eigenvalue weighted by Gasteiger charge is -2.18. The van der Waals surface area contributed by atoms with Crippen molar-refractivity contribution in [2.45, 2.75) is 19.4 Å². The molecule has 0 bridgehead atoms. The molecule has 2 aromatic carbocycles. The highest BCUT2D eigenvalue weighted by Crippen LogP contribution is 2.27. The molecule has 0 fully saturated rings. The first-order valence-electron chi connectivity index (χ1n) is 9.65. The topological polar surface area (TPSA) is 84.9 Å². The number of methoxy groups -OCH3 is 1. The Labute approximate surface area is 175 Å². The number of anilines is 1. The lowest BCUT2D eigenvalue weighted by atomic mass is 10.2. The first-order chi connectivity index (χ1) is 14.5. The number of para-hydroxylation sites is 1. The van der Waals surface area contributed by atoms with Crippen LogP contribution < -0.4 is 15.0 Å². The highest BCUT2D eigenvalue weighted by atomic mass is 16.5. The van der Waals surface area contributed by atoms with Crippen LogP contribution >= 0.6 is 0 Å². The molecule has 0 aromatic heterocycles. The maximum atomic E-state index is 12.4. The van der Waals surface area contributed by atoms with Gasteiger partial charge in [0.2, 0.25) is 5.91 Å². The molecule has 7 heteroatoms. The average Bonchev–Trinajstić information content (AvgIpc) is 3.20. The van der Waals surface area contributed by atoms with Crippen LogP contribution in [0.3, 0.4) is 0 Å². The van der Waals surface area contributed by atoms with Gasteiger partial charge < -0.3 is 19.7 Å². The van der Waals surface area contributed by atoms with Crippen molar-refractivity contribution in [1.29, 1.82) is 0 Å². The molecule has 0 aliphatic carbocycles. The quantitative estimate of drug-likeness (QED) is 0.562. The van der Waals surface area contributed by atoms with Crippen LogP contribution in [0.2, 0.25) is 0 Å². The summed E-state index contributed by atoms with van der Waals surface area (Å²) in [6.07, 6.45) is 3.74. The van der Waals surface area contributed by atoms with Gasteiger partial charge in [-0.1, -0.05) is 30.3 Å². The highest BCUT2D eigenvalue weighted by molar-refractivity contribution is 5.98. The van der Waals surface area contributed by atoms with Crippen molar-refractivity contribution in [1.82, 2.24) is 5.32 Å². The molecule has 1 N–H and O–H groups in total. The van der Waals surface area contributed by atoms with E-state index in [4.69, 9.17) is 9.47 Å². The smallest absolute Gasteiger partial charge is 0.328 e. The fourth-order valence-corrected chi connectivity index (χ4v) is 3.14. The Hall–Kier alpha value is -3.61. The van der Waals surface area contributed by atoms with Crippen molar-refractivity contribution in [3.8, 4) is 5.75 Å². The molecule has 2 amide bonds. The third kappa shape index (κ3) is 5.26. The summed E-state index contributed by atoms with van der Waals surface area (Å²) in [7, 11) is 1.58. The second kappa shape index (κ2) is 9.73. The maximum Gasteiger partial charge on any atom is 0.328 e. The second-order valence-electron chi connectivity index (χ2n) is 6.87. The van der Waals surface area contributed by atoms with Gasteiger partial charge in [-0.3, -0.25) is 9.59 Å². The summed E-state index contributed by atoms with van der Waals surface area (Å²) < 4.78 is 10.2. The minimum absolute atomic E-state index is 0.286. The molecule has 1 heterocycles. The zero-order valence-electron chi connectivity index (χ0n) is 17.0. The number of carbonyl (C=O) groups excluding carboxylic acids is 3. The molecule has 0 radical (unpaired) electrons. The molecule has 30 heavy (non-hydrogen) atoms. The van der Waals surface area contributed by atoms with E-state index in [1.807, 2.05) is 36.4 Å². The number of carbonyl (C=O) groups is 3. The lowest BCUT2D eigenvalue weighted by Crippen LogP contribution is -2.40. The number of hydrogen-bond donors (Lipinski definition) is 1. The lowest BCUT2D eigenvalue weighted by molar-refractivity contribution is -0.150. The Balaban J connectivity index is 1.45. The summed E-state index contributed by atoms with van der Waals surface area (Å²) in [4.78, 5) is 38.2. The Morgan fingerprint density at radius 2 is 1.87 bits per heavy atom. The molecular formula is C23H24N2O5. The molecule has 0 saturated heterocycles. The van der Waals surface area contributed by atoms with Gasteiger partial charge in [-0.15, -0.1) is 0 Å². The van der Waals surface area contributed by atoms with Crippen LogP contribution in [0.4, 0.5) is 5.69 Å². The number of esters is 1. The number of fused-ring (bicyclic) bond motifs is 1. The van der Waals surface area contributed by atoms with Gasteiger partial charge >= 0.3 is 5.97 Å². The molecule has 1 aliphatic rings. The average molecular weight is 408 g/mol. The molecule has 0 spiro atoms. The fraction of sp³-hybridized carbons (Fsp3) is 0.261. The molecule has 0 unspecified atom stereocenters. The number of hydrogen-bond acceptors (Lipinski definition) is 5. The predicted molar refractivity (Wildman–Crippen MR) is 113 cm³/mol. The number of ether oxygens (including phenoxy) is 2. The molecule has 2 aromatic rings. The van der Waals surface area contributed by atoms with E-state index in [-0.39, 0.29) is 12.5 Å². The molecular weight excluding hydrogens is 384 g/mol. The van der Waals surface area contributed by atoms with Gasteiger partial charge in [0.05, 0.1) is 7.11 Å². The number of nitrogens with zero attached hydrogens (tertiary/aromatic N) is 1. The Kier molecular flexibility index (Phi) is 6.85. The van der Waals surface area contributed by atoms with Crippen LogP contribution in [-0.4, -0.2) is 44.1 Å². The van der Waals surface area contributed by atoms with Gasteiger partial charge in [0.25, 0.3) is 5.91 Å². The van der Waals surface area contributed by atoms with E-state index in [0.717, 1.165) is 29.0 Å². The van der Waals surface area contributed by atoms with E-state index in [2.05, 4.69) is 5.32 Å². The van der Waals surface area contributed by atoms with Crippen molar-refractivity contribution in [3.63, 3.8) is 0 Å². The summed E-state index contributed by atoms with van der Waals surface area (Å²) in [5.74, 6) is -0.664. The van der Waals surface area contributed by atoms with Gasteiger partial charge in [-0.25, -0.2) is 4.79 Å². The summed E-state index contributed by atoms with van der Waals surface area (Å²) in [6, 6.07) is 14.0. The van der Waals surface area contributed by atoms with Crippen molar-refractivity contribution >= 4 is 29.5 Å². The van der Waals surface area contributed by atoms with Gasteiger partial charge in [0, 0.05) is 18.3 Å². The largest absolute Gasteiger partial charge is 0.497 e. The van der Waals surface area contributed by atoms with Crippen LogP contribution in [0.1, 0.15) is 18.1 Å². The zero-order valence-corrected chi connectivity index (χ0v) is 17.0. The number of benzene rings is 2. The monoisotopic (exact) mass is 408 g/mol. The van der Waals surface area contributed by atoms with Crippen LogP contribution in [0.15, 0.2) is 54.6 Å². The van der Waals surface area contributed by atoms with Gasteiger partial charge in [-0.2, -0.15) is 0 Å². The van der Waals surface area contributed by atoms with Crippen molar-refractivity contribution < 1.29 is 23.9 Å². The van der Waals surface area contributed by atoms with E-state index in [1.165, 1.54) is 13.0 Å². The van der Waals surface area contributed by atoms with Crippen LogP contribution in [0.25, 0.3) is 6.08 Å². The van der Waals surface area contributed by atoms with E-state index < -0.39 is 17.9 Å². The molecule has 1 atom stereocenters. The third-order valence-corrected chi connectivity index (χ3v) is 4.78. The Morgan fingerprint density at radius 3 is 2.60 bits per heavy atom. The molecule has 0 saturated carbocycles. The van der Waals surface area contributed by atoms with E-state index in [1.54, 1.807) is 30.2 Å². The Morgan fingerprint density at radius 1 is 1.13 bits per heavy atom. The summed E-state index contributed by atoms with van der Waals surface area (Å²) in [5, 5.41) is 2.53. The fourth-order valence-electron chi connectivity index (χ4n) is 3.14. The first kappa shape index (κ1) is 21.1. The summed E-state index contributed by atoms with van der Waals surface area (Å²) in [6.45, 7) is 1.71. The predicted octanol–water partition coefficient (Wildman–Crippen LogP) is 2.35. The van der Waals surface area contributed by atoms with E-state index in [9.17, 15) is 14.4 Å². The van der Waals surface area contributed by atoms with Crippen molar-refractivity contribution in [2.24, 2.45) is 0 Å². The molecule has 156 valence electrons. The van der Waals surface area contributed by atoms with Crippen molar-refractivity contribution in [3.05, 3.63) is 65.7 Å². The second-order valence-corrected chi connectivity index (χ2v) is 6.87. The molecule has 1 aliphatic heterocycles.